The van der Waals surface area contributed by atoms with Crippen LogP contribution < -0.4 is 0 Å². The summed E-state index contributed by atoms with van der Waals surface area (Å²) in [4.78, 5) is 11.3. The minimum atomic E-state index is -1.29. The summed E-state index contributed by atoms with van der Waals surface area (Å²) < 4.78 is 4.96. The summed E-state index contributed by atoms with van der Waals surface area (Å²) in [5.41, 5.74) is 0.395. The Bertz CT molecular complexity index is 204. The predicted octanol–water partition coefficient (Wildman–Crippen LogP) is 3.22. The minimum absolute atomic E-state index is 0.0713. The zero-order valence-electron chi connectivity index (χ0n) is 9.96. The molecular formula is C11H22O2Si. The van der Waals surface area contributed by atoms with E-state index in [4.69, 9.17) is 4.74 Å². The lowest BCUT2D eigenvalue weighted by atomic mass is 10.3. The smallest absolute Gasteiger partial charge is 0.306 e. The number of carbonyl (C=O) groups is 1. The topological polar surface area (TPSA) is 26.3 Å². The van der Waals surface area contributed by atoms with Gasteiger partial charge in [-0.2, -0.15) is 0 Å². The van der Waals surface area contributed by atoms with Crippen LogP contribution in [-0.2, 0) is 9.53 Å². The van der Waals surface area contributed by atoms with Crippen LogP contribution in [0.3, 0.4) is 0 Å². The van der Waals surface area contributed by atoms with Crippen molar-refractivity contribution in [2.24, 2.45) is 0 Å². The molecule has 0 fully saturated rings. The first-order chi connectivity index (χ1) is 6.41. The van der Waals surface area contributed by atoms with Crippen molar-refractivity contribution in [3.05, 3.63) is 12.2 Å². The molecule has 1 atom stereocenters. The van der Waals surface area contributed by atoms with E-state index in [0.717, 1.165) is 0 Å². The number of esters is 1. The minimum Gasteiger partial charge on any atom is -0.466 e. The predicted molar refractivity (Wildman–Crippen MR) is 63.2 cm³/mol. The van der Waals surface area contributed by atoms with Gasteiger partial charge in [0.25, 0.3) is 0 Å². The maximum absolute atomic E-state index is 11.3. The molecule has 0 saturated carbocycles. The van der Waals surface area contributed by atoms with Crippen LogP contribution in [0.5, 0.6) is 0 Å². The number of ether oxygens (including phenoxy) is 1. The summed E-state index contributed by atoms with van der Waals surface area (Å²) in [6, 6.07) is 0. The highest BCUT2D eigenvalue weighted by atomic mass is 28.3. The second kappa shape index (κ2) is 6.01. The van der Waals surface area contributed by atoms with Crippen LogP contribution >= 0.6 is 0 Å². The van der Waals surface area contributed by atoms with Crippen molar-refractivity contribution >= 4 is 14.0 Å². The first-order valence-corrected chi connectivity index (χ1v) is 8.78. The Morgan fingerprint density at radius 2 is 2.00 bits per heavy atom. The summed E-state index contributed by atoms with van der Waals surface area (Å²) in [5, 5.41) is 0. The van der Waals surface area contributed by atoms with E-state index >= 15 is 0 Å². The molecule has 0 radical (unpaired) electrons. The lowest BCUT2D eigenvalue weighted by molar-refractivity contribution is -0.143. The van der Waals surface area contributed by atoms with Gasteiger partial charge in [-0.3, -0.25) is 4.79 Å². The molecule has 0 aromatic carbocycles. The van der Waals surface area contributed by atoms with E-state index in [-0.39, 0.29) is 5.97 Å². The molecule has 0 bridgehead atoms. The molecule has 0 rings (SSSR count). The third kappa shape index (κ3) is 5.22. The Labute approximate surface area is 88.4 Å². The Morgan fingerprint density at radius 1 is 1.43 bits per heavy atom. The molecule has 0 aromatic rings. The van der Waals surface area contributed by atoms with Gasteiger partial charge in [0.15, 0.2) is 0 Å². The first kappa shape index (κ1) is 13.4. The van der Waals surface area contributed by atoms with Crippen LogP contribution in [0.2, 0.25) is 25.2 Å². The Balaban J connectivity index is 4.31. The largest absolute Gasteiger partial charge is 0.466 e. The molecule has 1 unspecified atom stereocenters. The Kier molecular flexibility index (Phi) is 5.77. The van der Waals surface area contributed by atoms with E-state index in [1.54, 1.807) is 0 Å². The van der Waals surface area contributed by atoms with E-state index in [9.17, 15) is 4.79 Å². The maximum atomic E-state index is 11.3. The van der Waals surface area contributed by atoms with Gasteiger partial charge in [0, 0.05) is 6.42 Å². The molecule has 0 aliphatic rings. The Hall–Kier alpha value is -0.573. The first-order valence-electron chi connectivity index (χ1n) is 5.20. The van der Waals surface area contributed by atoms with E-state index < -0.39 is 8.07 Å². The number of hydrogen-bond acceptors (Lipinski definition) is 2. The van der Waals surface area contributed by atoms with Crippen molar-refractivity contribution in [2.45, 2.75) is 45.5 Å². The van der Waals surface area contributed by atoms with Gasteiger partial charge in [0.2, 0.25) is 0 Å². The zero-order valence-corrected chi connectivity index (χ0v) is 11.0. The van der Waals surface area contributed by atoms with Crippen molar-refractivity contribution in [1.29, 1.82) is 0 Å². The molecule has 0 N–H and O–H groups in total. The normalized spacial score (nSPS) is 14.4. The van der Waals surface area contributed by atoms with Gasteiger partial charge in [-0.1, -0.05) is 31.8 Å². The summed E-state index contributed by atoms with van der Waals surface area (Å²) in [6.07, 6.45) is 4.71. The fraction of sp³-hybridized carbons (Fsp3) is 0.727. The van der Waals surface area contributed by atoms with Crippen molar-refractivity contribution in [1.82, 2.24) is 0 Å². The number of hydrogen-bond donors (Lipinski definition) is 0. The molecule has 0 spiro atoms. The molecule has 0 aromatic heterocycles. The third-order valence-electron chi connectivity index (χ3n) is 2.23. The fourth-order valence-electron chi connectivity index (χ4n) is 1.29. The van der Waals surface area contributed by atoms with E-state index in [1.165, 1.54) is 0 Å². The van der Waals surface area contributed by atoms with Gasteiger partial charge in [0.1, 0.15) is 0 Å². The molecule has 82 valence electrons. The zero-order chi connectivity index (χ0) is 11.2. The third-order valence-corrected chi connectivity index (χ3v) is 4.85. The number of allylic oxidation sites excluding steroid dienone is 2. The molecular weight excluding hydrogens is 192 g/mol. The summed E-state index contributed by atoms with van der Waals surface area (Å²) in [5.74, 6) is -0.0713. The molecule has 0 amide bonds. The molecule has 3 heteroatoms. The fourth-order valence-corrected chi connectivity index (χ4v) is 2.84. The molecule has 0 heterocycles. The van der Waals surface area contributed by atoms with Crippen molar-refractivity contribution < 1.29 is 9.53 Å². The molecule has 0 aliphatic heterocycles. The highest BCUT2D eigenvalue weighted by Crippen LogP contribution is 2.27. The SMILES string of the molecule is C/C=C/C(CC(=O)OCC)[Si](C)(C)C. The van der Waals surface area contributed by atoms with Crippen molar-refractivity contribution in [3.63, 3.8) is 0 Å². The van der Waals surface area contributed by atoms with Crippen LogP contribution in [0, 0.1) is 0 Å². The van der Waals surface area contributed by atoms with Crippen molar-refractivity contribution in [2.75, 3.05) is 6.61 Å². The van der Waals surface area contributed by atoms with Crippen LogP contribution in [-0.4, -0.2) is 20.7 Å². The quantitative estimate of drug-likeness (QED) is 0.399. The second-order valence-electron chi connectivity index (χ2n) is 4.51. The van der Waals surface area contributed by atoms with Gasteiger partial charge in [-0.05, 0) is 19.4 Å². The van der Waals surface area contributed by atoms with Gasteiger partial charge in [-0.25, -0.2) is 0 Å². The lowest BCUT2D eigenvalue weighted by Crippen LogP contribution is -2.29. The Morgan fingerprint density at radius 3 is 2.36 bits per heavy atom. The average Bonchev–Trinajstić information content (AvgIpc) is 2.02. The van der Waals surface area contributed by atoms with Gasteiger partial charge in [0.05, 0.1) is 14.7 Å². The van der Waals surface area contributed by atoms with Gasteiger partial charge in [-0.15, -0.1) is 0 Å². The molecule has 0 aliphatic carbocycles. The average molecular weight is 214 g/mol. The standard InChI is InChI=1S/C11H22O2Si/c1-6-8-10(14(3,4)5)9-11(12)13-7-2/h6,8,10H,7,9H2,1-5H3/b8-6+. The monoisotopic (exact) mass is 214 g/mol. The summed E-state index contributed by atoms with van der Waals surface area (Å²) >= 11 is 0. The van der Waals surface area contributed by atoms with Crippen LogP contribution in [0.15, 0.2) is 12.2 Å². The highest BCUT2D eigenvalue weighted by Gasteiger charge is 2.26. The lowest BCUT2D eigenvalue weighted by Gasteiger charge is -2.25. The molecule has 0 saturated heterocycles. The highest BCUT2D eigenvalue weighted by molar-refractivity contribution is 6.78. The van der Waals surface area contributed by atoms with Crippen molar-refractivity contribution in [3.8, 4) is 0 Å². The van der Waals surface area contributed by atoms with Crippen LogP contribution in [0.4, 0.5) is 0 Å². The second-order valence-corrected chi connectivity index (χ2v) is 9.98. The number of rotatable bonds is 5. The maximum Gasteiger partial charge on any atom is 0.306 e. The van der Waals surface area contributed by atoms with E-state index in [2.05, 4.69) is 25.7 Å². The molecule has 14 heavy (non-hydrogen) atoms. The van der Waals surface area contributed by atoms with Gasteiger partial charge < -0.3 is 4.74 Å². The van der Waals surface area contributed by atoms with Gasteiger partial charge >= 0.3 is 5.97 Å². The van der Waals surface area contributed by atoms with Crippen LogP contribution in [0.25, 0.3) is 0 Å². The summed E-state index contributed by atoms with van der Waals surface area (Å²) in [6.45, 7) is 11.1. The number of carbonyl (C=O) groups excluding carboxylic acids is 1. The molecule has 2 nitrogen and oxygen atoms in total. The van der Waals surface area contributed by atoms with E-state index in [1.807, 2.05) is 19.9 Å². The van der Waals surface area contributed by atoms with Crippen LogP contribution in [0.1, 0.15) is 20.3 Å². The summed E-state index contributed by atoms with van der Waals surface area (Å²) in [7, 11) is -1.29. The van der Waals surface area contributed by atoms with E-state index in [0.29, 0.717) is 18.6 Å².